The van der Waals surface area contributed by atoms with Gasteiger partial charge in [0.15, 0.2) is 5.82 Å². The predicted molar refractivity (Wildman–Crippen MR) is 179 cm³/mol. The van der Waals surface area contributed by atoms with Crippen molar-refractivity contribution < 1.29 is 28.8 Å². The number of aryl methyl sites for hydroxylation is 1. The number of piperazine rings is 1. The number of nitrogens with zero attached hydrogens (tertiary/aromatic N) is 5. The minimum absolute atomic E-state index is 0.107. The summed E-state index contributed by atoms with van der Waals surface area (Å²) in [5.41, 5.74) is 4.51. The Kier molecular flexibility index (Phi) is 10.5. The standard InChI is InChI=1S/C34H46N6O6S/c1-21(28-18-29(37-46-28)38-13-15-39(16-14-38)33(44)45-34(4,5)6)22(2)32(43)40-19-26(41)17-27(40)31(42)35-12-11-24-7-9-25(10-8-24)30-23(3)36-20-47-30/h7-10,18,20-22,26-27,41H,11-17,19H2,1-6H3,(H,35,42)/t21-,22-,26+,27-/m0/s1. The molecule has 0 spiro atoms. The van der Waals surface area contributed by atoms with Crippen LogP contribution in [0.1, 0.15) is 64.0 Å². The van der Waals surface area contributed by atoms with Crippen molar-refractivity contribution >= 4 is 35.1 Å². The topological polar surface area (TPSA) is 141 Å². The molecule has 2 N–H and O–H groups in total. The average Bonchev–Trinajstić information content (AvgIpc) is 3.79. The molecule has 47 heavy (non-hydrogen) atoms. The molecule has 13 heteroatoms. The van der Waals surface area contributed by atoms with E-state index in [0.717, 1.165) is 21.7 Å². The Hall–Kier alpha value is -3.97. The first kappa shape index (κ1) is 34.4. The summed E-state index contributed by atoms with van der Waals surface area (Å²) in [6, 6.07) is 9.34. The van der Waals surface area contributed by atoms with E-state index in [4.69, 9.17) is 9.26 Å². The monoisotopic (exact) mass is 666 g/mol. The number of aliphatic hydroxyl groups is 1. The van der Waals surface area contributed by atoms with Gasteiger partial charge >= 0.3 is 6.09 Å². The first-order valence-electron chi connectivity index (χ1n) is 16.3. The van der Waals surface area contributed by atoms with Crippen LogP contribution in [0.25, 0.3) is 10.4 Å². The molecular weight excluding hydrogens is 620 g/mol. The number of amides is 3. The molecule has 2 aliphatic heterocycles. The number of thiazole rings is 1. The highest BCUT2D eigenvalue weighted by atomic mass is 32.1. The van der Waals surface area contributed by atoms with Crippen LogP contribution in [0.5, 0.6) is 0 Å². The zero-order chi connectivity index (χ0) is 33.9. The molecule has 254 valence electrons. The molecular formula is C34H46N6O6S. The summed E-state index contributed by atoms with van der Waals surface area (Å²) in [5.74, 6) is -0.0949. The van der Waals surface area contributed by atoms with Crippen LogP contribution in [-0.2, 0) is 20.7 Å². The summed E-state index contributed by atoms with van der Waals surface area (Å²) in [7, 11) is 0. The van der Waals surface area contributed by atoms with Gasteiger partial charge in [-0.05, 0) is 45.2 Å². The molecule has 3 aromatic rings. The van der Waals surface area contributed by atoms with Gasteiger partial charge in [0.1, 0.15) is 17.4 Å². The maximum atomic E-state index is 13.7. The number of carbonyl (C=O) groups excluding carboxylic acids is 3. The van der Waals surface area contributed by atoms with Crippen LogP contribution >= 0.6 is 11.3 Å². The third-order valence-electron chi connectivity index (χ3n) is 8.90. The Balaban J connectivity index is 1.12. The fourth-order valence-corrected chi connectivity index (χ4v) is 6.78. The van der Waals surface area contributed by atoms with Crippen LogP contribution in [0.3, 0.4) is 0 Å². The van der Waals surface area contributed by atoms with Crippen LogP contribution in [-0.4, -0.2) is 100.0 Å². The van der Waals surface area contributed by atoms with Crippen molar-refractivity contribution in [3.8, 4) is 10.4 Å². The van der Waals surface area contributed by atoms with Crippen molar-refractivity contribution in [2.24, 2.45) is 5.92 Å². The second kappa shape index (κ2) is 14.4. The number of aromatic nitrogens is 2. The van der Waals surface area contributed by atoms with E-state index < -0.39 is 23.7 Å². The van der Waals surface area contributed by atoms with Crippen molar-refractivity contribution in [2.75, 3.05) is 44.2 Å². The maximum Gasteiger partial charge on any atom is 0.410 e. The molecule has 2 aliphatic rings. The zero-order valence-corrected chi connectivity index (χ0v) is 28.9. The van der Waals surface area contributed by atoms with Gasteiger partial charge in [-0.15, -0.1) is 11.3 Å². The Morgan fingerprint density at radius 3 is 2.47 bits per heavy atom. The predicted octanol–water partition coefficient (Wildman–Crippen LogP) is 4.22. The van der Waals surface area contributed by atoms with Crippen molar-refractivity contribution in [3.63, 3.8) is 0 Å². The van der Waals surface area contributed by atoms with Gasteiger partial charge < -0.3 is 34.4 Å². The van der Waals surface area contributed by atoms with Crippen LogP contribution in [0.2, 0.25) is 0 Å². The first-order chi connectivity index (χ1) is 22.3. The van der Waals surface area contributed by atoms with Crippen LogP contribution in [0, 0.1) is 12.8 Å². The number of ether oxygens (including phenoxy) is 1. The Morgan fingerprint density at radius 2 is 1.83 bits per heavy atom. The van der Waals surface area contributed by atoms with E-state index in [1.54, 1.807) is 16.2 Å². The lowest BCUT2D eigenvalue weighted by molar-refractivity contribution is -0.141. The van der Waals surface area contributed by atoms with Gasteiger partial charge in [-0.1, -0.05) is 43.3 Å². The van der Waals surface area contributed by atoms with Crippen molar-refractivity contribution in [1.29, 1.82) is 0 Å². The Morgan fingerprint density at radius 1 is 1.13 bits per heavy atom. The lowest BCUT2D eigenvalue weighted by Gasteiger charge is -2.35. The van der Waals surface area contributed by atoms with Crippen molar-refractivity contribution in [2.45, 2.75) is 78.0 Å². The molecule has 12 nitrogen and oxygen atoms in total. The van der Waals surface area contributed by atoms with Crippen LogP contribution in [0.4, 0.5) is 10.6 Å². The minimum atomic E-state index is -0.767. The average molecular weight is 667 g/mol. The normalized spacial score (nSPS) is 19.9. The fraction of sp³-hybridized carbons (Fsp3) is 0.559. The molecule has 5 rings (SSSR count). The van der Waals surface area contributed by atoms with Crippen LogP contribution < -0.4 is 10.2 Å². The third-order valence-corrected chi connectivity index (χ3v) is 9.88. The zero-order valence-electron chi connectivity index (χ0n) is 28.1. The SMILES string of the molecule is Cc1ncsc1-c1ccc(CCNC(=O)[C@@H]2C[C@@H](O)CN2C(=O)[C@@H](C)[C@H](C)c2cc(N3CCN(C(=O)OC(C)(C)C)CC3)no2)cc1. The number of hydrogen-bond acceptors (Lipinski definition) is 10. The molecule has 4 heterocycles. The van der Waals surface area contributed by atoms with Gasteiger partial charge in [0.05, 0.1) is 22.2 Å². The molecule has 0 aliphatic carbocycles. The summed E-state index contributed by atoms with van der Waals surface area (Å²) in [6.45, 7) is 13.9. The quantitative estimate of drug-likeness (QED) is 0.343. The molecule has 0 radical (unpaired) electrons. The number of likely N-dealkylation sites (tertiary alicyclic amines) is 1. The van der Waals surface area contributed by atoms with E-state index in [9.17, 15) is 19.5 Å². The lowest BCUT2D eigenvalue weighted by Crippen LogP contribution is -2.50. The molecule has 0 unspecified atom stereocenters. The van der Waals surface area contributed by atoms with E-state index in [1.807, 2.05) is 58.0 Å². The Bertz CT molecular complexity index is 1540. The van der Waals surface area contributed by atoms with E-state index >= 15 is 0 Å². The summed E-state index contributed by atoms with van der Waals surface area (Å²) >= 11 is 1.61. The van der Waals surface area contributed by atoms with E-state index in [-0.39, 0.29) is 36.8 Å². The van der Waals surface area contributed by atoms with Gasteiger partial charge in [0, 0.05) is 63.6 Å². The van der Waals surface area contributed by atoms with Gasteiger partial charge in [0.25, 0.3) is 0 Å². The van der Waals surface area contributed by atoms with E-state index in [1.165, 1.54) is 4.90 Å². The highest BCUT2D eigenvalue weighted by molar-refractivity contribution is 7.13. The second-order valence-electron chi connectivity index (χ2n) is 13.5. The molecule has 3 amide bonds. The number of nitrogens with one attached hydrogen (secondary N) is 1. The van der Waals surface area contributed by atoms with Gasteiger partial charge in [-0.25, -0.2) is 9.78 Å². The lowest BCUT2D eigenvalue weighted by atomic mass is 9.92. The van der Waals surface area contributed by atoms with Crippen LogP contribution in [0.15, 0.2) is 40.4 Å². The van der Waals surface area contributed by atoms with Gasteiger partial charge in [-0.2, -0.15) is 0 Å². The number of carbonyl (C=O) groups is 3. The smallest absolute Gasteiger partial charge is 0.410 e. The number of rotatable bonds is 9. The molecule has 2 saturated heterocycles. The molecule has 1 aromatic carbocycles. The van der Waals surface area contributed by atoms with E-state index in [2.05, 4.69) is 39.7 Å². The number of anilines is 1. The fourth-order valence-electron chi connectivity index (χ4n) is 5.96. The molecule has 2 aromatic heterocycles. The summed E-state index contributed by atoms with van der Waals surface area (Å²) in [4.78, 5) is 50.0. The molecule has 4 atom stereocenters. The highest BCUT2D eigenvalue weighted by Gasteiger charge is 2.41. The second-order valence-corrected chi connectivity index (χ2v) is 14.4. The van der Waals surface area contributed by atoms with Crippen molar-refractivity contribution in [1.82, 2.24) is 25.3 Å². The number of β-amino-alcohol motifs (C(OH)–C–C–N with tert-alkyl or cyclic N) is 1. The molecule has 0 saturated carbocycles. The Labute approximate surface area is 280 Å². The first-order valence-corrected chi connectivity index (χ1v) is 17.1. The highest BCUT2D eigenvalue weighted by Crippen LogP contribution is 2.32. The largest absolute Gasteiger partial charge is 0.444 e. The number of aliphatic hydroxyl groups excluding tert-OH is 1. The summed E-state index contributed by atoms with van der Waals surface area (Å²) in [6.07, 6.45) is -0.251. The number of benzene rings is 1. The van der Waals surface area contributed by atoms with E-state index in [0.29, 0.717) is 50.7 Å². The molecule has 2 fully saturated rings. The van der Waals surface area contributed by atoms with Crippen molar-refractivity contribution in [3.05, 3.63) is 52.9 Å². The minimum Gasteiger partial charge on any atom is -0.444 e. The van der Waals surface area contributed by atoms with Gasteiger partial charge in [-0.3, -0.25) is 9.59 Å². The number of hydrogen-bond donors (Lipinski definition) is 2. The summed E-state index contributed by atoms with van der Waals surface area (Å²) in [5, 5.41) is 17.7. The van der Waals surface area contributed by atoms with Gasteiger partial charge in [0.2, 0.25) is 11.8 Å². The third kappa shape index (κ3) is 8.31. The maximum absolute atomic E-state index is 13.7. The molecule has 0 bridgehead atoms. The summed E-state index contributed by atoms with van der Waals surface area (Å²) < 4.78 is 11.2.